The van der Waals surface area contributed by atoms with Crippen molar-refractivity contribution in [3.05, 3.63) is 40.1 Å². The maximum atomic E-state index is 6.15. The van der Waals surface area contributed by atoms with Crippen LogP contribution in [0.4, 0.5) is 0 Å². The van der Waals surface area contributed by atoms with E-state index in [0.29, 0.717) is 10.0 Å². The third-order valence-corrected chi connectivity index (χ3v) is 3.80. The molecule has 0 atom stereocenters. The van der Waals surface area contributed by atoms with Gasteiger partial charge >= 0.3 is 0 Å². The van der Waals surface area contributed by atoms with Gasteiger partial charge < -0.3 is 0 Å². The van der Waals surface area contributed by atoms with E-state index >= 15 is 0 Å². The predicted molar refractivity (Wildman–Crippen MR) is 69.1 cm³/mol. The number of nitrogens with zero attached hydrogens (tertiary/aromatic N) is 4. The lowest BCUT2D eigenvalue weighted by molar-refractivity contribution is 0.757. The van der Waals surface area contributed by atoms with E-state index in [1.54, 1.807) is 34.9 Å². The Bertz CT molecular complexity index is 608. The summed E-state index contributed by atoms with van der Waals surface area (Å²) in [6.45, 7) is 0. The number of benzene rings is 1. The summed E-state index contributed by atoms with van der Waals surface area (Å²) in [5.41, 5.74) is 1.78. The summed E-state index contributed by atoms with van der Waals surface area (Å²) in [4.78, 5) is 0. The van der Waals surface area contributed by atoms with Gasteiger partial charge in [0.05, 0.1) is 10.7 Å². The minimum Gasteiger partial charge on any atom is -0.194 e. The van der Waals surface area contributed by atoms with Crippen molar-refractivity contribution in [2.24, 2.45) is 5.10 Å². The molecule has 1 aliphatic rings. The maximum absolute atomic E-state index is 6.15. The van der Waals surface area contributed by atoms with Crippen LogP contribution in [-0.4, -0.2) is 26.3 Å². The molecule has 0 fully saturated rings. The number of aromatic nitrogens is 3. The molecule has 4 nitrogen and oxygen atoms in total. The van der Waals surface area contributed by atoms with Crippen LogP contribution in [0.3, 0.4) is 0 Å². The summed E-state index contributed by atoms with van der Waals surface area (Å²) in [5.74, 6) is 0.722. The molecule has 0 unspecified atom stereocenters. The smallest absolute Gasteiger partial charge is 0.194 e. The van der Waals surface area contributed by atoms with Crippen LogP contribution in [0.5, 0.6) is 0 Å². The first-order chi connectivity index (χ1) is 8.24. The van der Waals surface area contributed by atoms with Gasteiger partial charge in [-0.3, -0.25) is 0 Å². The van der Waals surface area contributed by atoms with E-state index in [1.165, 1.54) is 0 Å². The first-order valence-electron chi connectivity index (χ1n) is 4.80. The van der Waals surface area contributed by atoms with Gasteiger partial charge in [0.15, 0.2) is 0 Å². The molecule has 7 heteroatoms. The van der Waals surface area contributed by atoms with Gasteiger partial charge in [0.2, 0.25) is 5.16 Å². The van der Waals surface area contributed by atoms with Crippen molar-refractivity contribution >= 4 is 40.7 Å². The normalized spacial score (nSPS) is 14.4. The molecule has 0 amide bonds. The van der Waals surface area contributed by atoms with Crippen molar-refractivity contribution in [1.82, 2.24) is 14.9 Å². The fourth-order valence-corrected chi connectivity index (χ4v) is 2.85. The fraction of sp³-hybridized carbons (Fsp3) is 0.100. The molecule has 17 heavy (non-hydrogen) atoms. The minimum absolute atomic E-state index is 0.605. The number of hydrogen-bond donors (Lipinski definition) is 0. The van der Waals surface area contributed by atoms with Crippen LogP contribution in [0, 0.1) is 0 Å². The highest BCUT2D eigenvalue weighted by atomic mass is 35.5. The van der Waals surface area contributed by atoms with E-state index in [0.717, 1.165) is 22.2 Å². The SMILES string of the molecule is Clc1ccc(C2=Nn3cnnc3SC2)c(Cl)c1. The molecule has 2 heterocycles. The highest BCUT2D eigenvalue weighted by molar-refractivity contribution is 7.99. The second-order valence-electron chi connectivity index (χ2n) is 3.42. The average molecular weight is 285 g/mol. The van der Waals surface area contributed by atoms with Crippen molar-refractivity contribution in [3.63, 3.8) is 0 Å². The van der Waals surface area contributed by atoms with Crippen LogP contribution in [0.1, 0.15) is 5.56 Å². The van der Waals surface area contributed by atoms with Crippen LogP contribution < -0.4 is 0 Å². The Morgan fingerprint density at radius 1 is 1.29 bits per heavy atom. The largest absolute Gasteiger partial charge is 0.212 e. The minimum atomic E-state index is 0.605. The molecule has 0 bridgehead atoms. The van der Waals surface area contributed by atoms with Crippen molar-refractivity contribution in [2.75, 3.05) is 5.75 Å². The van der Waals surface area contributed by atoms with Gasteiger partial charge in [0.25, 0.3) is 0 Å². The number of fused-ring (bicyclic) bond motifs is 1. The summed E-state index contributed by atoms with van der Waals surface area (Å²) >= 11 is 13.6. The summed E-state index contributed by atoms with van der Waals surface area (Å²) in [5, 5.41) is 14.2. The van der Waals surface area contributed by atoms with E-state index in [2.05, 4.69) is 15.3 Å². The first-order valence-corrected chi connectivity index (χ1v) is 6.54. The van der Waals surface area contributed by atoms with Crippen molar-refractivity contribution < 1.29 is 0 Å². The van der Waals surface area contributed by atoms with Crippen LogP contribution in [0.2, 0.25) is 10.0 Å². The number of hydrogen-bond acceptors (Lipinski definition) is 4. The molecule has 0 saturated carbocycles. The van der Waals surface area contributed by atoms with Crippen LogP contribution in [0.25, 0.3) is 0 Å². The van der Waals surface area contributed by atoms with Gasteiger partial charge in [-0.05, 0) is 12.1 Å². The lowest BCUT2D eigenvalue weighted by Gasteiger charge is -2.13. The molecule has 0 spiro atoms. The molecule has 0 radical (unpaired) electrons. The standard InChI is InChI=1S/C10H6Cl2N4S/c11-6-1-2-7(8(12)3-6)9-4-17-10-14-13-5-16(10)15-9/h1-3,5H,4H2. The number of thioether (sulfide) groups is 1. The molecule has 2 aromatic rings. The molecule has 3 rings (SSSR count). The maximum Gasteiger partial charge on any atom is 0.212 e. The van der Waals surface area contributed by atoms with Gasteiger partial charge in [-0.2, -0.15) is 9.78 Å². The quantitative estimate of drug-likeness (QED) is 0.809. The van der Waals surface area contributed by atoms with Crippen LogP contribution in [-0.2, 0) is 0 Å². The van der Waals surface area contributed by atoms with Gasteiger partial charge in [0.1, 0.15) is 6.33 Å². The second-order valence-corrected chi connectivity index (χ2v) is 5.20. The lowest BCUT2D eigenvalue weighted by atomic mass is 10.1. The van der Waals surface area contributed by atoms with E-state index < -0.39 is 0 Å². The topological polar surface area (TPSA) is 43.1 Å². The Hall–Kier alpha value is -1.04. The van der Waals surface area contributed by atoms with E-state index in [9.17, 15) is 0 Å². The lowest BCUT2D eigenvalue weighted by Crippen LogP contribution is -2.13. The van der Waals surface area contributed by atoms with E-state index in [4.69, 9.17) is 23.2 Å². The molecular formula is C10H6Cl2N4S. The molecule has 1 aliphatic heterocycles. The Balaban J connectivity index is 2.06. The molecule has 0 N–H and O–H groups in total. The zero-order valence-electron chi connectivity index (χ0n) is 8.47. The van der Waals surface area contributed by atoms with Crippen LogP contribution >= 0.6 is 35.0 Å². The molecule has 86 valence electrons. The summed E-state index contributed by atoms with van der Waals surface area (Å²) < 4.78 is 1.65. The Kier molecular flexibility index (Phi) is 2.82. The van der Waals surface area contributed by atoms with E-state index in [1.807, 2.05) is 6.07 Å². The molecule has 0 saturated heterocycles. The number of halogens is 2. The molecular weight excluding hydrogens is 279 g/mol. The highest BCUT2D eigenvalue weighted by Crippen LogP contribution is 2.27. The molecule has 1 aromatic carbocycles. The zero-order valence-corrected chi connectivity index (χ0v) is 10.8. The Morgan fingerprint density at radius 3 is 3.00 bits per heavy atom. The van der Waals surface area contributed by atoms with Gasteiger partial charge in [-0.25, -0.2) is 0 Å². The Morgan fingerprint density at radius 2 is 2.18 bits per heavy atom. The predicted octanol–water partition coefficient (Wildman–Crippen LogP) is 2.94. The monoisotopic (exact) mass is 284 g/mol. The second kappa shape index (κ2) is 4.33. The number of rotatable bonds is 1. The Labute approximate surface area is 112 Å². The third kappa shape index (κ3) is 2.06. The average Bonchev–Trinajstić information content (AvgIpc) is 2.75. The van der Waals surface area contributed by atoms with Gasteiger partial charge in [-0.1, -0.05) is 41.0 Å². The van der Waals surface area contributed by atoms with Crippen LogP contribution in [0.15, 0.2) is 34.8 Å². The summed E-state index contributed by atoms with van der Waals surface area (Å²) in [6, 6.07) is 5.39. The van der Waals surface area contributed by atoms with Gasteiger partial charge in [-0.15, -0.1) is 10.2 Å². The third-order valence-electron chi connectivity index (χ3n) is 2.31. The highest BCUT2D eigenvalue weighted by Gasteiger charge is 2.17. The van der Waals surface area contributed by atoms with Crippen molar-refractivity contribution in [2.45, 2.75) is 5.16 Å². The first kappa shape index (κ1) is 11.1. The zero-order chi connectivity index (χ0) is 11.8. The fourth-order valence-electron chi connectivity index (χ4n) is 1.53. The summed E-state index contributed by atoms with van der Waals surface area (Å²) in [6.07, 6.45) is 1.57. The van der Waals surface area contributed by atoms with E-state index in [-0.39, 0.29) is 0 Å². The summed E-state index contributed by atoms with van der Waals surface area (Å²) in [7, 11) is 0. The molecule has 0 aliphatic carbocycles. The van der Waals surface area contributed by atoms with Gasteiger partial charge in [0, 0.05) is 16.3 Å². The van der Waals surface area contributed by atoms with Crippen molar-refractivity contribution in [1.29, 1.82) is 0 Å². The van der Waals surface area contributed by atoms with Crippen molar-refractivity contribution in [3.8, 4) is 0 Å². The molecule has 1 aromatic heterocycles.